The zero-order valence-corrected chi connectivity index (χ0v) is 14.9. The number of nitrogens with zero attached hydrogens (tertiary/aromatic N) is 2. The molecule has 6 heteroatoms. The highest BCUT2D eigenvalue weighted by Gasteiger charge is 2.23. The van der Waals surface area contributed by atoms with E-state index in [1.807, 2.05) is 42.5 Å². The predicted octanol–water partition coefficient (Wildman–Crippen LogP) is 4.72. The molecule has 0 fully saturated rings. The van der Waals surface area contributed by atoms with Gasteiger partial charge in [-0.15, -0.1) is 0 Å². The maximum absolute atomic E-state index is 8.92. The number of hydrogen-bond donors (Lipinski definition) is 2. The number of aromatic nitrogens is 2. The second-order valence-corrected chi connectivity index (χ2v) is 6.26. The van der Waals surface area contributed by atoms with E-state index < -0.39 is 0 Å². The van der Waals surface area contributed by atoms with Crippen molar-refractivity contribution < 1.29 is 13.9 Å². The fraction of sp³-hybridized carbons (Fsp3) is 0.238. The van der Waals surface area contributed by atoms with Crippen molar-refractivity contribution in [1.82, 2.24) is 9.97 Å². The molecule has 3 aromatic heterocycles. The van der Waals surface area contributed by atoms with Crippen LogP contribution in [0.15, 0.2) is 63.9 Å². The largest absolute Gasteiger partial charge is 0.461 e. The third-order valence-electron chi connectivity index (χ3n) is 4.42. The highest BCUT2D eigenvalue weighted by atomic mass is 16.4. The Morgan fingerprint density at radius 2 is 1.85 bits per heavy atom. The molecule has 0 aliphatic rings. The quantitative estimate of drug-likeness (QED) is 0.441. The third-order valence-corrected chi connectivity index (χ3v) is 4.42. The van der Waals surface area contributed by atoms with Crippen molar-refractivity contribution in [3.8, 4) is 22.6 Å². The smallest absolute Gasteiger partial charge is 0.232 e. The van der Waals surface area contributed by atoms with Crippen LogP contribution in [0.4, 0.5) is 5.82 Å². The van der Waals surface area contributed by atoms with Gasteiger partial charge < -0.3 is 19.3 Å². The van der Waals surface area contributed by atoms with E-state index in [1.54, 1.807) is 6.26 Å². The first-order valence-corrected chi connectivity index (χ1v) is 9.10. The first-order chi connectivity index (χ1) is 13.4. The SMILES string of the molecule is OCCCCCNc1ncnc2oc(-c3ccco3)c(-c3ccccc3)c12. The molecule has 1 aromatic carbocycles. The van der Waals surface area contributed by atoms with E-state index in [4.69, 9.17) is 13.9 Å². The fourth-order valence-corrected chi connectivity index (χ4v) is 3.15. The van der Waals surface area contributed by atoms with Crippen LogP contribution in [0, 0.1) is 0 Å². The fourth-order valence-electron chi connectivity index (χ4n) is 3.15. The summed E-state index contributed by atoms with van der Waals surface area (Å²) in [5.41, 5.74) is 2.45. The van der Waals surface area contributed by atoms with Crippen LogP contribution in [0.5, 0.6) is 0 Å². The Labute approximate surface area is 156 Å². The van der Waals surface area contributed by atoms with Crippen molar-refractivity contribution in [1.29, 1.82) is 0 Å². The number of aliphatic hydroxyl groups is 1. The first-order valence-electron chi connectivity index (χ1n) is 9.10. The third kappa shape index (κ3) is 3.57. The van der Waals surface area contributed by atoms with E-state index >= 15 is 0 Å². The van der Waals surface area contributed by atoms with Gasteiger partial charge in [-0.2, -0.15) is 0 Å². The average Bonchev–Trinajstić information content (AvgIpc) is 3.36. The number of furan rings is 2. The van der Waals surface area contributed by atoms with E-state index in [2.05, 4.69) is 15.3 Å². The molecular formula is C21H21N3O3. The first kappa shape index (κ1) is 17.3. The lowest BCUT2D eigenvalue weighted by atomic mass is 10.0. The van der Waals surface area contributed by atoms with Gasteiger partial charge in [-0.25, -0.2) is 9.97 Å². The van der Waals surface area contributed by atoms with Gasteiger partial charge in [-0.3, -0.25) is 0 Å². The van der Waals surface area contributed by atoms with Crippen molar-refractivity contribution in [3.63, 3.8) is 0 Å². The number of hydrogen-bond acceptors (Lipinski definition) is 6. The van der Waals surface area contributed by atoms with Crippen molar-refractivity contribution in [2.75, 3.05) is 18.5 Å². The topological polar surface area (TPSA) is 84.3 Å². The molecule has 4 aromatic rings. The van der Waals surface area contributed by atoms with E-state index in [9.17, 15) is 0 Å². The standard InChI is InChI=1S/C21H21N3O3/c25-12-6-2-5-11-22-20-18-17(15-8-3-1-4-9-15)19(16-10-7-13-26-16)27-21(18)24-14-23-20/h1,3-4,7-10,13-14,25H,2,5-6,11-12H2,(H,22,23,24). The van der Waals surface area contributed by atoms with Crippen molar-refractivity contribution >= 4 is 16.9 Å². The molecule has 0 saturated carbocycles. The minimum atomic E-state index is 0.226. The van der Waals surface area contributed by atoms with Crippen LogP contribution >= 0.6 is 0 Å². The summed E-state index contributed by atoms with van der Waals surface area (Å²) >= 11 is 0. The van der Waals surface area contributed by atoms with E-state index in [0.717, 1.165) is 48.1 Å². The molecular weight excluding hydrogens is 342 g/mol. The molecule has 2 N–H and O–H groups in total. The van der Waals surface area contributed by atoms with Gasteiger partial charge in [-0.1, -0.05) is 30.3 Å². The highest BCUT2D eigenvalue weighted by Crippen LogP contribution is 2.42. The number of nitrogens with one attached hydrogen (secondary N) is 1. The maximum Gasteiger partial charge on any atom is 0.232 e. The lowest BCUT2D eigenvalue weighted by Gasteiger charge is -2.08. The molecule has 27 heavy (non-hydrogen) atoms. The number of aliphatic hydroxyl groups excluding tert-OH is 1. The minimum Gasteiger partial charge on any atom is -0.461 e. The van der Waals surface area contributed by atoms with Gasteiger partial charge in [0.05, 0.1) is 11.6 Å². The molecule has 0 bridgehead atoms. The Kier molecular flexibility index (Phi) is 5.16. The zero-order valence-electron chi connectivity index (χ0n) is 14.9. The maximum atomic E-state index is 8.92. The second-order valence-electron chi connectivity index (χ2n) is 6.26. The van der Waals surface area contributed by atoms with Crippen LogP contribution in [0.3, 0.4) is 0 Å². The summed E-state index contributed by atoms with van der Waals surface area (Å²) in [4.78, 5) is 8.77. The normalized spacial score (nSPS) is 11.1. The van der Waals surface area contributed by atoms with E-state index in [0.29, 0.717) is 17.2 Å². The van der Waals surface area contributed by atoms with Gasteiger partial charge in [0.1, 0.15) is 12.1 Å². The number of unbranched alkanes of at least 4 members (excludes halogenated alkanes) is 2. The minimum absolute atomic E-state index is 0.226. The molecule has 0 radical (unpaired) electrons. The Morgan fingerprint density at radius 1 is 0.963 bits per heavy atom. The number of rotatable bonds is 8. The molecule has 3 heterocycles. The van der Waals surface area contributed by atoms with Gasteiger partial charge in [-0.05, 0) is 37.0 Å². The number of anilines is 1. The van der Waals surface area contributed by atoms with Crippen LogP contribution in [0.25, 0.3) is 33.7 Å². The molecule has 0 spiro atoms. The molecule has 0 unspecified atom stereocenters. The van der Waals surface area contributed by atoms with Crippen LogP contribution in [-0.2, 0) is 0 Å². The van der Waals surface area contributed by atoms with Gasteiger partial charge in [0.2, 0.25) is 5.71 Å². The molecule has 0 atom stereocenters. The molecule has 4 rings (SSSR count). The Morgan fingerprint density at radius 3 is 2.63 bits per heavy atom. The van der Waals surface area contributed by atoms with E-state index in [-0.39, 0.29) is 6.61 Å². The van der Waals surface area contributed by atoms with Crippen LogP contribution < -0.4 is 5.32 Å². The molecule has 0 aliphatic heterocycles. The summed E-state index contributed by atoms with van der Waals surface area (Å²) in [6.45, 7) is 0.992. The highest BCUT2D eigenvalue weighted by molar-refractivity contribution is 6.05. The van der Waals surface area contributed by atoms with E-state index in [1.165, 1.54) is 6.33 Å². The summed E-state index contributed by atoms with van der Waals surface area (Å²) in [7, 11) is 0. The average molecular weight is 363 g/mol. The predicted molar refractivity (Wildman–Crippen MR) is 104 cm³/mol. The van der Waals surface area contributed by atoms with Crippen LogP contribution in [-0.4, -0.2) is 28.2 Å². The summed E-state index contributed by atoms with van der Waals surface area (Å²) < 4.78 is 11.7. The van der Waals surface area contributed by atoms with Crippen molar-refractivity contribution in [2.45, 2.75) is 19.3 Å². The summed E-state index contributed by atoms with van der Waals surface area (Å²) in [6.07, 6.45) is 5.86. The van der Waals surface area contributed by atoms with Crippen molar-refractivity contribution in [3.05, 3.63) is 55.1 Å². The summed E-state index contributed by atoms with van der Waals surface area (Å²) in [5.74, 6) is 2.04. The molecule has 0 amide bonds. The van der Waals surface area contributed by atoms with Crippen LogP contribution in [0.1, 0.15) is 19.3 Å². The zero-order chi connectivity index (χ0) is 18.5. The number of fused-ring (bicyclic) bond motifs is 1. The Bertz CT molecular complexity index is 994. The molecule has 6 nitrogen and oxygen atoms in total. The van der Waals surface area contributed by atoms with Gasteiger partial charge >= 0.3 is 0 Å². The summed E-state index contributed by atoms with van der Waals surface area (Å²) in [6, 6.07) is 13.7. The lowest BCUT2D eigenvalue weighted by Crippen LogP contribution is -2.04. The molecule has 0 saturated heterocycles. The second kappa shape index (κ2) is 8.05. The van der Waals surface area contributed by atoms with Gasteiger partial charge in [0, 0.05) is 18.7 Å². The summed E-state index contributed by atoms with van der Waals surface area (Å²) in [5, 5.41) is 13.2. The Hall–Kier alpha value is -3.12. The van der Waals surface area contributed by atoms with Gasteiger partial charge in [0.25, 0.3) is 0 Å². The molecule has 0 aliphatic carbocycles. The molecule has 138 valence electrons. The lowest BCUT2D eigenvalue weighted by molar-refractivity contribution is 0.283. The number of benzene rings is 1. The monoisotopic (exact) mass is 363 g/mol. The van der Waals surface area contributed by atoms with Gasteiger partial charge in [0.15, 0.2) is 11.5 Å². The van der Waals surface area contributed by atoms with Crippen LogP contribution in [0.2, 0.25) is 0 Å². The van der Waals surface area contributed by atoms with Crippen molar-refractivity contribution in [2.24, 2.45) is 0 Å². The Balaban J connectivity index is 1.79.